The number of halogens is 2. The minimum Gasteiger partial charge on any atom is -0.367 e. The van der Waals surface area contributed by atoms with Gasteiger partial charge in [-0.05, 0) is 25.0 Å². The molecule has 1 saturated heterocycles. The van der Waals surface area contributed by atoms with E-state index in [1.165, 1.54) is 6.20 Å². The molecule has 1 atom stereocenters. The third-order valence-electron chi connectivity index (χ3n) is 5.02. The van der Waals surface area contributed by atoms with Gasteiger partial charge in [0.25, 0.3) is 5.91 Å². The molecule has 0 radical (unpaired) electrons. The van der Waals surface area contributed by atoms with E-state index in [1.807, 2.05) is 0 Å². The molecule has 8 heteroatoms. The largest absolute Gasteiger partial charge is 0.367 e. The number of likely N-dealkylation sites (tertiary alicyclic amines) is 1. The summed E-state index contributed by atoms with van der Waals surface area (Å²) in [5.74, 6) is -1.70. The van der Waals surface area contributed by atoms with E-state index in [9.17, 15) is 18.8 Å². The first-order valence-electron chi connectivity index (χ1n) is 9.22. The first-order valence-corrected chi connectivity index (χ1v) is 9.22. The van der Waals surface area contributed by atoms with Gasteiger partial charge in [-0.15, -0.1) is 0 Å². The number of amides is 1. The van der Waals surface area contributed by atoms with Gasteiger partial charge in [0, 0.05) is 31.3 Å². The van der Waals surface area contributed by atoms with Crippen LogP contribution in [0, 0.1) is 23.0 Å². The number of fused-ring (bicyclic) bond motifs is 1. The summed E-state index contributed by atoms with van der Waals surface area (Å²) in [6.45, 7) is 1.04. The van der Waals surface area contributed by atoms with Gasteiger partial charge in [0.15, 0.2) is 11.6 Å². The second-order valence-electron chi connectivity index (χ2n) is 6.84. The van der Waals surface area contributed by atoms with Crippen molar-refractivity contribution in [2.75, 3.05) is 18.4 Å². The molecule has 0 bridgehead atoms. The third-order valence-corrected chi connectivity index (χ3v) is 5.02. The average molecular weight is 393 g/mol. The van der Waals surface area contributed by atoms with Crippen molar-refractivity contribution in [2.45, 2.75) is 18.9 Å². The number of hydrogen-bond acceptors (Lipinski definition) is 5. The minimum atomic E-state index is -0.979. The number of carbonyl (C=O) groups excluding carboxylic acids is 1. The van der Waals surface area contributed by atoms with E-state index >= 15 is 0 Å². The van der Waals surface area contributed by atoms with Crippen molar-refractivity contribution in [1.82, 2.24) is 14.9 Å². The fourth-order valence-electron chi connectivity index (χ4n) is 3.55. The van der Waals surface area contributed by atoms with Crippen LogP contribution in [-0.2, 0) is 0 Å². The maximum Gasteiger partial charge on any atom is 0.255 e. The van der Waals surface area contributed by atoms with Crippen LogP contribution in [0.3, 0.4) is 0 Å². The van der Waals surface area contributed by atoms with Gasteiger partial charge in [0.2, 0.25) is 0 Å². The number of rotatable bonds is 4. The summed E-state index contributed by atoms with van der Waals surface area (Å²) >= 11 is 0. The number of aromatic nitrogens is 2. The van der Waals surface area contributed by atoms with Gasteiger partial charge in [-0.25, -0.2) is 13.8 Å². The summed E-state index contributed by atoms with van der Waals surface area (Å²) < 4.78 is 26.7. The zero-order valence-corrected chi connectivity index (χ0v) is 15.4. The quantitative estimate of drug-likeness (QED) is 0.734. The lowest BCUT2D eigenvalue weighted by Gasteiger charge is -2.25. The number of nitrogens with one attached hydrogen (secondary N) is 1. The molecule has 0 spiro atoms. The monoisotopic (exact) mass is 393 g/mol. The summed E-state index contributed by atoms with van der Waals surface area (Å²) in [7, 11) is 0. The lowest BCUT2D eigenvalue weighted by Crippen LogP contribution is -2.40. The summed E-state index contributed by atoms with van der Waals surface area (Å²) in [6, 6.07) is 10.8. The van der Waals surface area contributed by atoms with E-state index in [1.54, 1.807) is 29.2 Å². The molecule has 1 unspecified atom stereocenters. The number of carbonyl (C=O) groups is 1. The number of benzene rings is 2. The molecular formula is C21H17F2N5O. The van der Waals surface area contributed by atoms with Crippen molar-refractivity contribution in [3.8, 4) is 6.07 Å². The Morgan fingerprint density at radius 1 is 1.24 bits per heavy atom. The van der Waals surface area contributed by atoms with Gasteiger partial charge < -0.3 is 10.2 Å². The van der Waals surface area contributed by atoms with E-state index in [4.69, 9.17) is 0 Å². The summed E-state index contributed by atoms with van der Waals surface area (Å²) in [5.41, 5.74) is 1.26. The van der Waals surface area contributed by atoms with Gasteiger partial charge in [-0.3, -0.25) is 9.78 Å². The molecule has 0 saturated carbocycles. The predicted molar refractivity (Wildman–Crippen MR) is 103 cm³/mol. The Morgan fingerprint density at radius 3 is 2.79 bits per heavy atom. The normalized spacial score (nSPS) is 16.0. The van der Waals surface area contributed by atoms with E-state index in [-0.39, 0.29) is 23.0 Å². The average Bonchev–Trinajstić information content (AvgIpc) is 3.21. The molecule has 4 rings (SSSR count). The number of nitriles is 1. The molecule has 1 aromatic heterocycles. The van der Waals surface area contributed by atoms with Crippen LogP contribution in [0.1, 0.15) is 28.8 Å². The topological polar surface area (TPSA) is 81.9 Å². The summed E-state index contributed by atoms with van der Waals surface area (Å²) in [6.07, 6.45) is 3.13. The van der Waals surface area contributed by atoms with Gasteiger partial charge in [0.1, 0.15) is 5.82 Å². The van der Waals surface area contributed by atoms with Crippen LogP contribution in [0.2, 0.25) is 0 Å². The lowest BCUT2D eigenvalue weighted by molar-refractivity contribution is 0.0743. The Bertz CT molecular complexity index is 1130. The number of nitrogens with zero attached hydrogens (tertiary/aromatic N) is 4. The standard InChI is InChI=1S/C21H17F2N5O/c22-16-8-18-19(9-17(16)23)27-20(12-25-18)26-11-14-5-3-7-28(14)21(29)15-6-2-1-4-13(15)10-24/h1-2,4,6,8-9,12,14H,3,5,7,11H2,(H,26,27). The Morgan fingerprint density at radius 2 is 2.00 bits per heavy atom. The highest BCUT2D eigenvalue weighted by Gasteiger charge is 2.30. The van der Waals surface area contributed by atoms with Gasteiger partial charge in [0.05, 0.1) is 34.4 Å². The molecule has 29 heavy (non-hydrogen) atoms. The second kappa shape index (κ2) is 7.80. The molecule has 2 aromatic carbocycles. The fraction of sp³-hybridized carbons (Fsp3) is 0.238. The molecule has 6 nitrogen and oxygen atoms in total. The molecule has 1 aliphatic rings. The second-order valence-corrected chi connectivity index (χ2v) is 6.84. The van der Waals surface area contributed by atoms with Crippen LogP contribution in [0.4, 0.5) is 14.6 Å². The molecule has 1 amide bonds. The van der Waals surface area contributed by atoms with Crippen molar-refractivity contribution in [1.29, 1.82) is 5.26 Å². The van der Waals surface area contributed by atoms with E-state index in [0.29, 0.717) is 30.0 Å². The molecule has 1 aliphatic heterocycles. The Kier molecular flexibility index (Phi) is 5.04. The molecule has 3 aromatic rings. The Balaban J connectivity index is 1.49. The first kappa shape index (κ1) is 18.7. The zero-order valence-electron chi connectivity index (χ0n) is 15.4. The van der Waals surface area contributed by atoms with E-state index < -0.39 is 11.6 Å². The van der Waals surface area contributed by atoms with E-state index in [0.717, 1.165) is 25.0 Å². The zero-order chi connectivity index (χ0) is 20.4. The van der Waals surface area contributed by atoms with Crippen molar-refractivity contribution in [3.63, 3.8) is 0 Å². The Labute approximate surface area is 165 Å². The van der Waals surface area contributed by atoms with Crippen molar-refractivity contribution in [2.24, 2.45) is 0 Å². The van der Waals surface area contributed by atoms with Crippen LogP contribution in [0.5, 0.6) is 0 Å². The molecule has 146 valence electrons. The predicted octanol–water partition coefficient (Wildman–Crippen LogP) is 3.50. The van der Waals surface area contributed by atoms with Gasteiger partial charge >= 0.3 is 0 Å². The molecular weight excluding hydrogens is 376 g/mol. The van der Waals surface area contributed by atoms with Crippen molar-refractivity contribution in [3.05, 3.63) is 65.4 Å². The number of hydrogen-bond donors (Lipinski definition) is 1. The molecule has 0 aliphatic carbocycles. The van der Waals surface area contributed by atoms with Gasteiger partial charge in [-0.2, -0.15) is 5.26 Å². The van der Waals surface area contributed by atoms with Crippen LogP contribution >= 0.6 is 0 Å². The first-order chi connectivity index (χ1) is 14.1. The summed E-state index contributed by atoms with van der Waals surface area (Å²) in [4.78, 5) is 23.1. The third kappa shape index (κ3) is 3.72. The van der Waals surface area contributed by atoms with Crippen molar-refractivity contribution < 1.29 is 13.6 Å². The SMILES string of the molecule is N#Cc1ccccc1C(=O)N1CCCC1CNc1cnc2cc(F)c(F)cc2n1. The van der Waals surface area contributed by atoms with Crippen LogP contribution < -0.4 is 5.32 Å². The van der Waals surface area contributed by atoms with E-state index in [2.05, 4.69) is 21.4 Å². The minimum absolute atomic E-state index is 0.0725. The smallest absolute Gasteiger partial charge is 0.255 e. The lowest BCUT2D eigenvalue weighted by atomic mass is 10.1. The van der Waals surface area contributed by atoms with Crippen LogP contribution in [-0.4, -0.2) is 39.9 Å². The number of anilines is 1. The van der Waals surface area contributed by atoms with Crippen LogP contribution in [0.15, 0.2) is 42.6 Å². The summed E-state index contributed by atoms with van der Waals surface area (Å²) in [5, 5.41) is 12.4. The molecule has 1 N–H and O–H groups in total. The maximum absolute atomic E-state index is 13.4. The molecule has 2 heterocycles. The Hall–Kier alpha value is -3.60. The van der Waals surface area contributed by atoms with Crippen molar-refractivity contribution >= 4 is 22.8 Å². The van der Waals surface area contributed by atoms with Crippen LogP contribution in [0.25, 0.3) is 11.0 Å². The highest BCUT2D eigenvalue weighted by atomic mass is 19.2. The highest BCUT2D eigenvalue weighted by molar-refractivity contribution is 5.97. The molecule has 1 fully saturated rings. The van der Waals surface area contributed by atoms with Gasteiger partial charge in [-0.1, -0.05) is 12.1 Å². The maximum atomic E-state index is 13.4. The highest BCUT2D eigenvalue weighted by Crippen LogP contribution is 2.22. The fourth-order valence-corrected chi connectivity index (χ4v) is 3.55.